The summed E-state index contributed by atoms with van der Waals surface area (Å²) in [5.74, 6) is -0.0706. The van der Waals surface area contributed by atoms with Crippen LogP contribution in [-0.2, 0) is 4.79 Å². The largest absolute Gasteiger partial charge is 0.392 e. The normalized spacial score (nSPS) is 16.4. The summed E-state index contributed by atoms with van der Waals surface area (Å²) in [6, 6.07) is 0.130. The molecule has 0 aliphatic rings. The Bertz CT molecular complexity index is 281. The fourth-order valence-electron chi connectivity index (χ4n) is 1.35. The van der Waals surface area contributed by atoms with Crippen molar-refractivity contribution in [2.75, 3.05) is 20.6 Å². The first-order valence-electron chi connectivity index (χ1n) is 5.99. The highest BCUT2D eigenvalue weighted by atomic mass is 32.1. The second-order valence-corrected chi connectivity index (χ2v) is 5.46. The van der Waals surface area contributed by atoms with Gasteiger partial charge in [-0.3, -0.25) is 4.79 Å². The third kappa shape index (κ3) is 5.00. The van der Waals surface area contributed by atoms with Gasteiger partial charge in [0.15, 0.2) is 0 Å². The Labute approximate surface area is 110 Å². The Kier molecular flexibility index (Phi) is 6.64. The van der Waals surface area contributed by atoms with E-state index in [0.717, 1.165) is 13.0 Å². The summed E-state index contributed by atoms with van der Waals surface area (Å²) in [5.41, 5.74) is 4.91. The van der Waals surface area contributed by atoms with Gasteiger partial charge in [-0.1, -0.05) is 19.1 Å². The molecular formula is C12H25N3OS. The van der Waals surface area contributed by atoms with E-state index in [1.165, 1.54) is 0 Å². The highest BCUT2D eigenvalue weighted by Crippen LogP contribution is 2.22. The lowest BCUT2D eigenvalue weighted by Gasteiger charge is -2.28. The fourth-order valence-corrected chi connectivity index (χ4v) is 1.59. The summed E-state index contributed by atoms with van der Waals surface area (Å²) in [4.78, 5) is 14.5. The number of amides is 1. The minimum atomic E-state index is -0.734. The van der Waals surface area contributed by atoms with Crippen LogP contribution in [-0.4, -0.2) is 42.5 Å². The lowest BCUT2D eigenvalue weighted by molar-refractivity contribution is -0.127. The van der Waals surface area contributed by atoms with E-state index in [1.54, 1.807) is 6.92 Å². The summed E-state index contributed by atoms with van der Waals surface area (Å²) < 4.78 is 0. The molecule has 0 spiro atoms. The summed E-state index contributed by atoms with van der Waals surface area (Å²) in [5, 5.41) is 2.97. The van der Waals surface area contributed by atoms with Crippen LogP contribution in [0.1, 0.15) is 33.6 Å². The molecule has 0 bridgehead atoms. The van der Waals surface area contributed by atoms with E-state index >= 15 is 0 Å². The molecular weight excluding hydrogens is 234 g/mol. The van der Waals surface area contributed by atoms with Crippen molar-refractivity contribution in [3.8, 4) is 0 Å². The van der Waals surface area contributed by atoms with Crippen LogP contribution in [0.3, 0.4) is 0 Å². The van der Waals surface area contributed by atoms with E-state index in [1.807, 2.05) is 27.9 Å². The first kappa shape index (κ1) is 16.3. The Morgan fingerprint density at radius 1 is 1.53 bits per heavy atom. The Morgan fingerprint density at radius 3 is 2.41 bits per heavy atom. The van der Waals surface area contributed by atoms with Crippen molar-refractivity contribution >= 4 is 23.1 Å². The number of nitrogens with one attached hydrogen (secondary N) is 1. The molecule has 2 atom stereocenters. The molecule has 0 saturated carbocycles. The van der Waals surface area contributed by atoms with Crippen molar-refractivity contribution in [2.24, 2.45) is 11.1 Å². The lowest BCUT2D eigenvalue weighted by Crippen LogP contribution is -2.49. The first-order valence-corrected chi connectivity index (χ1v) is 6.40. The van der Waals surface area contributed by atoms with Crippen LogP contribution in [0.4, 0.5) is 0 Å². The van der Waals surface area contributed by atoms with Crippen LogP contribution in [0, 0.1) is 5.41 Å². The third-order valence-electron chi connectivity index (χ3n) is 3.14. The maximum atomic E-state index is 12.1. The van der Waals surface area contributed by atoms with Crippen LogP contribution in [0.5, 0.6) is 0 Å². The van der Waals surface area contributed by atoms with Gasteiger partial charge < -0.3 is 16.0 Å². The number of rotatable bonds is 7. The van der Waals surface area contributed by atoms with Crippen molar-refractivity contribution in [1.29, 1.82) is 0 Å². The molecule has 0 aromatic carbocycles. The van der Waals surface area contributed by atoms with Gasteiger partial charge in [0.1, 0.15) is 0 Å². The van der Waals surface area contributed by atoms with Crippen LogP contribution in [0.15, 0.2) is 0 Å². The molecule has 0 fully saturated rings. The molecule has 0 rings (SSSR count). The average Bonchev–Trinajstić information content (AvgIpc) is 2.24. The second-order valence-electron chi connectivity index (χ2n) is 5.02. The van der Waals surface area contributed by atoms with E-state index in [2.05, 4.69) is 10.2 Å². The van der Waals surface area contributed by atoms with Crippen LogP contribution >= 0.6 is 12.2 Å². The lowest BCUT2D eigenvalue weighted by atomic mass is 9.86. The summed E-state index contributed by atoms with van der Waals surface area (Å²) in [6.45, 7) is 6.65. The van der Waals surface area contributed by atoms with Crippen molar-refractivity contribution < 1.29 is 4.79 Å². The van der Waals surface area contributed by atoms with E-state index in [0.29, 0.717) is 6.42 Å². The zero-order chi connectivity index (χ0) is 13.6. The predicted octanol–water partition coefficient (Wildman–Crippen LogP) is 1.15. The van der Waals surface area contributed by atoms with E-state index in [-0.39, 0.29) is 16.9 Å². The van der Waals surface area contributed by atoms with Gasteiger partial charge >= 0.3 is 0 Å². The molecule has 100 valence electrons. The zero-order valence-electron chi connectivity index (χ0n) is 11.5. The van der Waals surface area contributed by atoms with Crippen LogP contribution in [0.2, 0.25) is 0 Å². The number of nitrogens with two attached hydrogens (primary N) is 1. The number of carbonyl (C=O) groups excluding carboxylic acids is 1. The molecule has 2 unspecified atom stereocenters. The van der Waals surface area contributed by atoms with Crippen molar-refractivity contribution in [2.45, 2.75) is 39.7 Å². The van der Waals surface area contributed by atoms with E-state index in [4.69, 9.17) is 18.0 Å². The fraction of sp³-hybridized carbons (Fsp3) is 0.833. The Morgan fingerprint density at radius 2 is 2.06 bits per heavy atom. The van der Waals surface area contributed by atoms with Gasteiger partial charge in [0.25, 0.3) is 0 Å². The minimum Gasteiger partial charge on any atom is -0.392 e. The highest BCUT2D eigenvalue weighted by Gasteiger charge is 2.34. The molecule has 0 aromatic rings. The maximum Gasteiger partial charge on any atom is 0.232 e. The molecule has 3 N–H and O–H groups in total. The van der Waals surface area contributed by atoms with Crippen LogP contribution in [0.25, 0.3) is 0 Å². The molecule has 0 aliphatic heterocycles. The molecule has 1 amide bonds. The van der Waals surface area contributed by atoms with Gasteiger partial charge in [0, 0.05) is 6.04 Å². The second kappa shape index (κ2) is 6.91. The number of nitrogens with zero attached hydrogens (tertiary/aromatic N) is 1. The third-order valence-corrected chi connectivity index (χ3v) is 3.59. The SMILES string of the molecule is CCC(C)(C(=O)NC(C)CCN(C)C)C(N)=S. The van der Waals surface area contributed by atoms with Gasteiger partial charge in [-0.25, -0.2) is 0 Å². The summed E-state index contributed by atoms with van der Waals surface area (Å²) >= 11 is 4.97. The van der Waals surface area contributed by atoms with Gasteiger partial charge in [-0.15, -0.1) is 0 Å². The van der Waals surface area contributed by atoms with Crippen molar-refractivity contribution in [1.82, 2.24) is 10.2 Å². The molecule has 0 saturated heterocycles. The average molecular weight is 259 g/mol. The molecule has 0 radical (unpaired) electrons. The van der Waals surface area contributed by atoms with Gasteiger partial charge in [-0.2, -0.15) is 0 Å². The number of hydrogen-bond donors (Lipinski definition) is 2. The van der Waals surface area contributed by atoms with Gasteiger partial charge in [0.2, 0.25) is 5.91 Å². The molecule has 4 nitrogen and oxygen atoms in total. The quantitative estimate of drug-likeness (QED) is 0.673. The van der Waals surface area contributed by atoms with Gasteiger partial charge in [-0.05, 0) is 47.3 Å². The summed E-state index contributed by atoms with van der Waals surface area (Å²) in [6.07, 6.45) is 1.53. The monoisotopic (exact) mass is 259 g/mol. The maximum absolute atomic E-state index is 12.1. The highest BCUT2D eigenvalue weighted by molar-refractivity contribution is 7.80. The minimum absolute atomic E-state index is 0.0706. The molecule has 0 heterocycles. The standard InChI is InChI=1S/C12H25N3OS/c1-6-12(3,10(13)17)11(16)14-9(2)7-8-15(4)5/h9H,6-8H2,1-5H3,(H2,13,17)(H,14,16). The Balaban J connectivity index is 4.37. The Hall–Kier alpha value is -0.680. The van der Waals surface area contributed by atoms with Crippen molar-refractivity contribution in [3.05, 3.63) is 0 Å². The van der Waals surface area contributed by atoms with E-state index in [9.17, 15) is 4.79 Å². The number of carbonyl (C=O) groups is 1. The molecule has 0 aliphatic carbocycles. The zero-order valence-corrected chi connectivity index (χ0v) is 12.4. The van der Waals surface area contributed by atoms with E-state index < -0.39 is 5.41 Å². The van der Waals surface area contributed by atoms with Gasteiger partial charge in [0.05, 0.1) is 10.4 Å². The predicted molar refractivity (Wildman–Crippen MR) is 76.0 cm³/mol. The smallest absolute Gasteiger partial charge is 0.232 e. The topological polar surface area (TPSA) is 58.4 Å². The number of thiocarbonyl (C=S) groups is 1. The van der Waals surface area contributed by atoms with Crippen LogP contribution < -0.4 is 11.1 Å². The molecule has 5 heteroatoms. The van der Waals surface area contributed by atoms with Crippen molar-refractivity contribution in [3.63, 3.8) is 0 Å². The molecule has 17 heavy (non-hydrogen) atoms. The molecule has 0 aromatic heterocycles. The number of hydrogen-bond acceptors (Lipinski definition) is 3. The summed E-state index contributed by atoms with van der Waals surface area (Å²) in [7, 11) is 4.03. The first-order chi connectivity index (χ1) is 7.74.